The van der Waals surface area contributed by atoms with Crippen LogP contribution in [0, 0.1) is 17.2 Å². The number of hydrogen-bond acceptors (Lipinski definition) is 13. The summed E-state index contributed by atoms with van der Waals surface area (Å²) in [5.41, 5.74) is 4.74. The minimum absolute atomic E-state index is 0.0419. The van der Waals surface area contributed by atoms with E-state index in [0.717, 1.165) is 43.1 Å². The van der Waals surface area contributed by atoms with Gasteiger partial charge >= 0.3 is 25.5 Å². The first-order valence-electron chi connectivity index (χ1n) is 23.6. The Morgan fingerprint density at radius 2 is 1.25 bits per heavy atom. The van der Waals surface area contributed by atoms with Crippen LogP contribution >= 0.6 is 7.82 Å². The number of phosphoric acid groups is 1. The maximum absolute atomic E-state index is 12.9. The molecule has 0 aromatic carbocycles. The molecule has 1 unspecified atom stereocenters. The lowest BCUT2D eigenvalue weighted by atomic mass is 10.0. The van der Waals surface area contributed by atoms with Crippen molar-refractivity contribution in [3.63, 3.8) is 0 Å². The van der Waals surface area contributed by atoms with Crippen molar-refractivity contribution in [3.05, 3.63) is 22.7 Å². The number of unbranched alkanes of at least 4 members (excludes halogenated alkanes) is 24. The molecule has 0 radical (unpaired) electrons. The fourth-order valence-electron chi connectivity index (χ4n) is 7.46. The molecule has 1 fully saturated rings. The fourth-order valence-corrected chi connectivity index (χ4v) is 8.22. The number of aromatic nitrogens is 2. The smallest absolute Gasteiger partial charge is 0.462 e. The highest BCUT2D eigenvalue weighted by Gasteiger charge is 2.46. The number of nitrogen functional groups attached to an aromatic ring is 1. The average Bonchev–Trinajstić information content (AvgIpc) is 3.55. The first kappa shape index (κ1) is 54.3. The molecule has 2 rings (SSSR count). The number of nitrogens with zero attached hydrogens (tertiary/aromatic N) is 3. The lowest BCUT2D eigenvalue weighted by molar-refractivity contribution is -0.161. The molecule has 4 N–H and O–H groups in total. The number of hydrogen-bond donors (Lipinski definition) is 3. The SMILES string of the molecule is CCCCCCCCCCCCCCCC(=O)OC[C@@H](COP(=O)(O)OC[C@H]1O[C@@H](n2ccc(N)nc2=O)[C@H](C#N)[C@@H]1O)OC(=O)CCCCCCCCCCCCCCC. The van der Waals surface area contributed by atoms with Gasteiger partial charge < -0.3 is 29.9 Å². The van der Waals surface area contributed by atoms with E-state index in [9.17, 15) is 34.2 Å². The molecule has 1 aromatic rings. The van der Waals surface area contributed by atoms with Crippen LogP contribution in [0.25, 0.3) is 0 Å². The fraction of sp³-hybridized carbons (Fsp3) is 0.844. The Morgan fingerprint density at radius 1 is 0.787 bits per heavy atom. The first-order chi connectivity index (χ1) is 29.5. The molecule has 16 heteroatoms. The highest BCUT2D eigenvalue weighted by atomic mass is 31.2. The van der Waals surface area contributed by atoms with Crippen molar-refractivity contribution in [2.75, 3.05) is 25.6 Å². The van der Waals surface area contributed by atoms with Gasteiger partial charge in [-0.25, -0.2) is 9.36 Å². The van der Waals surface area contributed by atoms with Gasteiger partial charge in [0.15, 0.2) is 12.3 Å². The number of ether oxygens (including phenoxy) is 3. The number of carbonyl (C=O) groups excluding carboxylic acids is 2. The summed E-state index contributed by atoms with van der Waals surface area (Å²) in [5, 5.41) is 20.4. The van der Waals surface area contributed by atoms with E-state index < -0.39 is 69.1 Å². The van der Waals surface area contributed by atoms with Crippen LogP contribution in [-0.4, -0.2) is 69.6 Å². The molecule has 0 bridgehead atoms. The molecular formula is C45H79N4O11P. The third-order valence-electron chi connectivity index (χ3n) is 11.2. The Hall–Kier alpha value is -2.86. The van der Waals surface area contributed by atoms with E-state index in [0.29, 0.717) is 12.8 Å². The summed E-state index contributed by atoms with van der Waals surface area (Å²) < 4.78 is 40.8. The van der Waals surface area contributed by atoms with E-state index in [1.54, 1.807) is 0 Å². The summed E-state index contributed by atoms with van der Waals surface area (Å²) in [6, 6.07) is 3.21. The number of phosphoric ester groups is 1. The zero-order chi connectivity index (χ0) is 44.6. The minimum atomic E-state index is -4.85. The Labute approximate surface area is 365 Å². The number of esters is 2. The predicted octanol–water partition coefficient (Wildman–Crippen LogP) is 9.77. The van der Waals surface area contributed by atoms with Crippen molar-refractivity contribution >= 4 is 25.6 Å². The number of rotatable bonds is 38. The zero-order valence-corrected chi connectivity index (χ0v) is 38.3. The number of aliphatic hydroxyl groups is 1. The largest absolute Gasteiger partial charge is 0.472 e. The van der Waals surface area contributed by atoms with Crippen LogP contribution in [0.15, 0.2) is 17.1 Å². The van der Waals surface area contributed by atoms with Crippen molar-refractivity contribution in [2.24, 2.45) is 5.92 Å². The van der Waals surface area contributed by atoms with Crippen molar-refractivity contribution in [3.8, 4) is 6.07 Å². The van der Waals surface area contributed by atoms with Gasteiger partial charge in [-0.05, 0) is 18.9 Å². The molecule has 1 aromatic heterocycles. The number of nitriles is 1. The van der Waals surface area contributed by atoms with Crippen LogP contribution in [0.3, 0.4) is 0 Å². The molecule has 0 aliphatic carbocycles. The van der Waals surface area contributed by atoms with Gasteiger partial charge in [0.1, 0.15) is 30.6 Å². The van der Waals surface area contributed by atoms with Crippen LogP contribution in [0.5, 0.6) is 0 Å². The van der Waals surface area contributed by atoms with E-state index in [1.807, 2.05) is 6.07 Å². The zero-order valence-electron chi connectivity index (χ0n) is 37.4. The Morgan fingerprint density at radius 3 is 1.70 bits per heavy atom. The van der Waals surface area contributed by atoms with Crippen molar-refractivity contribution in [1.29, 1.82) is 5.26 Å². The minimum Gasteiger partial charge on any atom is -0.462 e. The van der Waals surface area contributed by atoms with Gasteiger partial charge in [0.05, 0.1) is 19.3 Å². The van der Waals surface area contributed by atoms with Crippen LogP contribution in [0.1, 0.15) is 200 Å². The molecular weight excluding hydrogens is 803 g/mol. The van der Waals surface area contributed by atoms with Gasteiger partial charge in [-0.2, -0.15) is 10.2 Å². The van der Waals surface area contributed by atoms with Crippen LogP contribution in [0.2, 0.25) is 0 Å². The van der Waals surface area contributed by atoms with E-state index >= 15 is 0 Å². The van der Waals surface area contributed by atoms with Gasteiger partial charge in [0, 0.05) is 19.0 Å². The monoisotopic (exact) mass is 883 g/mol. The van der Waals surface area contributed by atoms with Crippen LogP contribution < -0.4 is 11.4 Å². The lowest BCUT2D eigenvalue weighted by Gasteiger charge is -2.21. The maximum Gasteiger partial charge on any atom is 0.472 e. The molecule has 1 aliphatic rings. The number of nitrogens with two attached hydrogens (primary N) is 1. The second-order valence-electron chi connectivity index (χ2n) is 16.6. The molecule has 0 spiro atoms. The van der Waals surface area contributed by atoms with E-state index in [1.165, 1.54) is 128 Å². The molecule has 0 amide bonds. The van der Waals surface area contributed by atoms with E-state index in [4.69, 9.17) is 29.0 Å². The van der Waals surface area contributed by atoms with Crippen molar-refractivity contribution < 1.29 is 47.4 Å². The summed E-state index contributed by atoms with van der Waals surface area (Å²) in [6.45, 7) is 2.79. The first-order valence-corrected chi connectivity index (χ1v) is 25.1. The van der Waals surface area contributed by atoms with Crippen LogP contribution in [-0.2, 0) is 37.4 Å². The highest BCUT2D eigenvalue weighted by molar-refractivity contribution is 7.47. The Kier molecular flexibility index (Phi) is 30.0. The van der Waals surface area contributed by atoms with Gasteiger partial charge in [-0.1, -0.05) is 168 Å². The molecule has 61 heavy (non-hydrogen) atoms. The summed E-state index contributed by atoms with van der Waals surface area (Å²) in [7, 11) is -4.85. The molecule has 6 atom stereocenters. The molecule has 1 aliphatic heterocycles. The van der Waals surface area contributed by atoms with Crippen LogP contribution in [0.4, 0.5) is 5.82 Å². The van der Waals surface area contributed by atoms with Gasteiger partial charge in [-0.3, -0.25) is 23.2 Å². The van der Waals surface area contributed by atoms with Gasteiger partial charge in [-0.15, -0.1) is 0 Å². The highest BCUT2D eigenvalue weighted by Crippen LogP contribution is 2.45. The number of aliphatic hydroxyl groups excluding tert-OH is 1. The second kappa shape index (κ2) is 33.7. The molecule has 2 heterocycles. The molecule has 1 saturated heterocycles. The molecule has 350 valence electrons. The lowest BCUT2D eigenvalue weighted by Crippen LogP contribution is -2.32. The number of anilines is 1. The number of carbonyl (C=O) groups is 2. The Balaban J connectivity index is 1.80. The third kappa shape index (κ3) is 25.1. The predicted molar refractivity (Wildman–Crippen MR) is 235 cm³/mol. The third-order valence-corrected chi connectivity index (χ3v) is 12.1. The summed E-state index contributed by atoms with van der Waals surface area (Å²) in [5.74, 6) is -2.28. The molecule has 0 saturated carbocycles. The Bertz CT molecular complexity index is 1470. The normalized spacial score (nSPS) is 19.0. The maximum atomic E-state index is 12.9. The van der Waals surface area contributed by atoms with Gasteiger partial charge in [0.25, 0.3) is 0 Å². The summed E-state index contributed by atoms with van der Waals surface area (Å²) >= 11 is 0. The topological polar surface area (TPSA) is 223 Å². The quantitative estimate of drug-likeness (QED) is 0.0320. The standard InChI is InChI=1S/C45H79N4O11P/c1-3-5-7-9-11-13-15-17-19-21-23-25-27-29-41(50)56-34-37(59-42(51)30-28-26-24-22-20-18-16-14-12-10-8-6-4-2)35-57-61(54,55)58-36-39-43(52)38(33-46)44(60-39)49-32-31-40(47)48-45(49)53/h31-32,37-39,43-44,52H,3-30,34-36H2,1-2H3,(H,54,55)(H2,47,48,53)/t37-,38+,39+,43-,44+/m0/s1. The van der Waals surface area contributed by atoms with Crippen molar-refractivity contribution in [2.45, 2.75) is 218 Å². The molecule has 15 nitrogen and oxygen atoms in total. The van der Waals surface area contributed by atoms with Gasteiger partial charge in [0.2, 0.25) is 0 Å². The van der Waals surface area contributed by atoms with Crippen molar-refractivity contribution in [1.82, 2.24) is 9.55 Å². The summed E-state index contributed by atoms with van der Waals surface area (Å²) in [4.78, 5) is 51.9. The van der Waals surface area contributed by atoms with E-state index in [2.05, 4.69) is 18.8 Å². The van der Waals surface area contributed by atoms with E-state index in [-0.39, 0.29) is 25.3 Å². The second-order valence-corrected chi connectivity index (χ2v) is 18.0. The average molecular weight is 883 g/mol. The summed E-state index contributed by atoms with van der Waals surface area (Å²) in [6.07, 6.45) is 26.9.